The summed E-state index contributed by atoms with van der Waals surface area (Å²) >= 11 is 0. The molecule has 0 aromatic rings. The summed E-state index contributed by atoms with van der Waals surface area (Å²) < 4.78 is 0. The number of amides is 1. The summed E-state index contributed by atoms with van der Waals surface area (Å²) in [5, 5.41) is 8.96. The average Bonchev–Trinajstić information content (AvgIpc) is 2.73. The molecule has 5 heteroatoms. The third-order valence-corrected chi connectivity index (χ3v) is 4.24. The molecule has 102 valence electrons. The summed E-state index contributed by atoms with van der Waals surface area (Å²) in [5.41, 5.74) is 6.08. The average molecular weight is 254 g/mol. The first-order chi connectivity index (χ1) is 8.59. The van der Waals surface area contributed by atoms with E-state index in [-0.39, 0.29) is 17.9 Å². The zero-order valence-corrected chi connectivity index (χ0v) is 10.7. The highest BCUT2D eigenvalue weighted by molar-refractivity contribution is 5.81. The summed E-state index contributed by atoms with van der Waals surface area (Å²) in [7, 11) is 0. The van der Waals surface area contributed by atoms with Gasteiger partial charge in [0.1, 0.15) is 0 Å². The number of rotatable bonds is 2. The van der Waals surface area contributed by atoms with Gasteiger partial charge in [-0.25, -0.2) is 0 Å². The standard InChI is InChI=1S/C13H22N2O3/c14-11-5-3-1-2-4-10(11)12(16)15-7-6-9(8-15)13(17)18/h9-11H,1-8,14H2,(H,17,18). The monoisotopic (exact) mass is 254 g/mol. The predicted molar refractivity (Wildman–Crippen MR) is 66.9 cm³/mol. The van der Waals surface area contributed by atoms with E-state index >= 15 is 0 Å². The largest absolute Gasteiger partial charge is 0.481 e. The van der Waals surface area contributed by atoms with E-state index in [1.807, 2.05) is 0 Å². The Kier molecular flexibility index (Phi) is 4.22. The molecule has 0 aromatic carbocycles. The van der Waals surface area contributed by atoms with Crippen LogP contribution in [0.4, 0.5) is 0 Å². The second-order valence-corrected chi connectivity index (χ2v) is 5.52. The Balaban J connectivity index is 1.96. The van der Waals surface area contributed by atoms with E-state index in [1.54, 1.807) is 4.90 Å². The van der Waals surface area contributed by atoms with Crippen molar-refractivity contribution in [3.8, 4) is 0 Å². The van der Waals surface area contributed by atoms with Crippen LogP contribution >= 0.6 is 0 Å². The second kappa shape index (κ2) is 5.69. The molecule has 1 aliphatic carbocycles. The molecule has 3 unspecified atom stereocenters. The predicted octanol–water partition coefficient (Wildman–Crippen LogP) is 0.827. The Morgan fingerprint density at radius 1 is 1.11 bits per heavy atom. The van der Waals surface area contributed by atoms with E-state index in [0.29, 0.717) is 19.5 Å². The van der Waals surface area contributed by atoms with Gasteiger partial charge in [0.25, 0.3) is 0 Å². The van der Waals surface area contributed by atoms with E-state index in [9.17, 15) is 9.59 Å². The minimum Gasteiger partial charge on any atom is -0.481 e. The van der Waals surface area contributed by atoms with Gasteiger partial charge in [-0.2, -0.15) is 0 Å². The molecule has 0 bridgehead atoms. The first-order valence-electron chi connectivity index (χ1n) is 6.86. The van der Waals surface area contributed by atoms with E-state index in [4.69, 9.17) is 10.8 Å². The molecule has 2 fully saturated rings. The Morgan fingerprint density at radius 2 is 1.83 bits per heavy atom. The van der Waals surface area contributed by atoms with E-state index < -0.39 is 11.9 Å². The van der Waals surface area contributed by atoms with Gasteiger partial charge < -0.3 is 15.7 Å². The van der Waals surface area contributed by atoms with E-state index in [1.165, 1.54) is 0 Å². The molecule has 0 aromatic heterocycles. The van der Waals surface area contributed by atoms with Crippen LogP contribution in [0.3, 0.4) is 0 Å². The van der Waals surface area contributed by atoms with Gasteiger partial charge in [-0.05, 0) is 19.3 Å². The second-order valence-electron chi connectivity index (χ2n) is 5.52. The molecule has 1 saturated heterocycles. The molecule has 0 spiro atoms. The highest BCUT2D eigenvalue weighted by Gasteiger charge is 2.36. The maximum Gasteiger partial charge on any atom is 0.308 e. The summed E-state index contributed by atoms with van der Waals surface area (Å²) in [5.74, 6) is -1.21. The molecule has 5 nitrogen and oxygen atoms in total. The van der Waals surface area contributed by atoms with Crippen LogP contribution in [-0.2, 0) is 9.59 Å². The van der Waals surface area contributed by atoms with Crippen LogP contribution in [0.1, 0.15) is 38.5 Å². The number of carboxylic acids is 1. The number of carbonyl (C=O) groups excluding carboxylic acids is 1. The molecule has 3 N–H and O–H groups in total. The van der Waals surface area contributed by atoms with Gasteiger partial charge in [0.15, 0.2) is 0 Å². The van der Waals surface area contributed by atoms with Gasteiger partial charge in [0, 0.05) is 19.1 Å². The lowest BCUT2D eigenvalue weighted by atomic mass is 9.94. The Bertz CT molecular complexity index is 332. The topological polar surface area (TPSA) is 83.6 Å². The molecule has 1 aliphatic heterocycles. The number of hydrogen-bond donors (Lipinski definition) is 2. The van der Waals surface area contributed by atoms with Crippen molar-refractivity contribution >= 4 is 11.9 Å². The zero-order valence-electron chi connectivity index (χ0n) is 10.7. The minimum atomic E-state index is -0.796. The first-order valence-corrected chi connectivity index (χ1v) is 6.86. The van der Waals surface area contributed by atoms with Crippen LogP contribution in [-0.4, -0.2) is 41.0 Å². The van der Waals surface area contributed by atoms with Crippen LogP contribution in [0.25, 0.3) is 0 Å². The molecule has 18 heavy (non-hydrogen) atoms. The fourth-order valence-corrected chi connectivity index (χ4v) is 3.04. The number of likely N-dealkylation sites (tertiary alicyclic amines) is 1. The van der Waals surface area contributed by atoms with Crippen molar-refractivity contribution in [2.45, 2.75) is 44.6 Å². The van der Waals surface area contributed by atoms with Crippen LogP contribution < -0.4 is 5.73 Å². The molecule has 2 rings (SSSR count). The normalized spacial score (nSPS) is 33.2. The number of aliphatic carboxylic acids is 1. The SMILES string of the molecule is NC1CCCCCC1C(=O)N1CCC(C(=O)O)C1. The third-order valence-electron chi connectivity index (χ3n) is 4.24. The fourth-order valence-electron chi connectivity index (χ4n) is 3.04. The lowest BCUT2D eigenvalue weighted by Gasteiger charge is -2.26. The van der Waals surface area contributed by atoms with Gasteiger partial charge in [-0.15, -0.1) is 0 Å². The summed E-state index contributed by atoms with van der Waals surface area (Å²) in [4.78, 5) is 25.0. The molecular formula is C13H22N2O3. The van der Waals surface area contributed by atoms with Crippen molar-refractivity contribution in [2.24, 2.45) is 17.6 Å². The smallest absolute Gasteiger partial charge is 0.308 e. The zero-order chi connectivity index (χ0) is 13.1. The van der Waals surface area contributed by atoms with Gasteiger partial charge in [0.05, 0.1) is 11.8 Å². The van der Waals surface area contributed by atoms with Crippen molar-refractivity contribution in [2.75, 3.05) is 13.1 Å². The van der Waals surface area contributed by atoms with Gasteiger partial charge in [-0.1, -0.05) is 19.3 Å². The first kappa shape index (κ1) is 13.3. The van der Waals surface area contributed by atoms with Gasteiger partial charge in [0.2, 0.25) is 5.91 Å². The quantitative estimate of drug-likeness (QED) is 0.715. The highest BCUT2D eigenvalue weighted by atomic mass is 16.4. The maximum atomic E-state index is 12.4. The fraction of sp³-hybridized carbons (Fsp3) is 0.846. The van der Waals surface area contributed by atoms with E-state index in [0.717, 1.165) is 32.1 Å². The summed E-state index contributed by atoms with van der Waals surface area (Å²) in [6.07, 6.45) is 5.64. The molecule has 1 heterocycles. The van der Waals surface area contributed by atoms with Crippen molar-refractivity contribution in [3.63, 3.8) is 0 Å². The summed E-state index contributed by atoms with van der Waals surface area (Å²) in [6.45, 7) is 0.927. The summed E-state index contributed by atoms with van der Waals surface area (Å²) in [6, 6.07) is -0.0520. The van der Waals surface area contributed by atoms with Crippen molar-refractivity contribution in [3.05, 3.63) is 0 Å². The van der Waals surface area contributed by atoms with Crippen LogP contribution in [0.5, 0.6) is 0 Å². The molecule has 0 radical (unpaired) electrons. The van der Waals surface area contributed by atoms with Crippen LogP contribution in [0.2, 0.25) is 0 Å². The number of hydrogen-bond acceptors (Lipinski definition) is 3. The molecule has 3 atom stereocenters. The van der Waals surface area contributed by atoms with Crippen LogP contribution in [0, 0.1) is 11.8 Å². The van der Waals surface area contributed by atoms with Crippen LogP contribution in [0.15, 0.2) is 0 Å². The maximum absolute atomic E-state index is 12.4. The lowest BCUT2D eigenvalue weighted by Crippen LogP contribution is -2.43. The molecular weight excluding hydrogens is 232 g/mol. The van der Waals surface area contributed by atoms with Crippen molar-refractivity contribution in [1.82, 2.24) is 4.90 Å². The van der Waals surface area contributed by atoms with Crippen molar-refractivity contribution < 1.29 is 14.7 Å². The van der Waals surface area contributed by atoms with E-state index in [2.05, 4.69) is 0 Å². The third kappa shape index (κ3) is 2.83. The Labute approximate surface area is 107 Å². The number of nitrogens with two attached hydrogens (primary N) is 1. The molecule has 2 aliphatic rings. The highest BCUT2D eigenvalue weighted by Crippen LogP contribution is 2.26. The Hall–Kier alpha value is -1.10. The van der Waals surface area contributed by atoms with Gasteiger partial charge in [-0.3, -0.25) is 9.59 Å². The Morgan fingerprint density at radius 3 is 2.50 bits per heavy atom. The number of nitrogens with zero attached hydrogens (tertiary/aromatic N) is 1. The minimum absolute atomic E-state index is 0.0520. The lowest BCUT2D eigenvalue weighted by molar-refractivity contribution is -0.141. The molecule has 1 saturated carbocycles. The van der Waals surface area contributed by atoms with Gasteiger partial charge >= 0.3 is 5.97 Å². The van der Waals surface area contributed by atoms with Crippen molar-refractivity contribution in [1.29, 1.82) is 0 Å². The number of carboxylic acid groups (broad SMARTS) is 1. The molecule has 1 amide bonds. The number of carbonyl (C=O) groups is 2.